The Morgan fingerprint density at radius 2 is 2.14 bits per heavy atom. The number of hydrogen-bond acceptors (Lipinski definition) is 4. The Labute approximate surface area is 88.2 Å². The molecule has 0 amide bonds. The summed E-state index contributed by atoms with van der Waals surface area (Å²) in [6, 6.07) is 2.90. The van der Waals surface area contributed by atoms with Gasteiger partial charge in [-0.3, -0.25) is 14.9 Å². The van der Waals surface area contributed by atoms with Gasteiger partial charge in [0.15, 0.2) is 5.78 Å². The van der Waals surface area contributed by atoms with E-state index in [1.807, 2.05) is 0 Å². The zero-order valence-electron chi connectivity index (χ0n) is 7.28. The quantitative estimate of drug-likeness (QED) is 0.381. The minimum Gasteiger partial charge on any atom is -0.398 e. The van der Waals surface area contributed by atoms with Crippen molar-refractivity contribution in [2.75, 3.05) is 5.73 Å². The van der Waals surface area contributed by atoms with Crippen molar-refractivity contribution in [1.29, 1.82) is 0 Å². The molecule has 0 heterocycles. The van der Waals surface area contributed by atoms with Gasteiger partial charge in [0, 0.05) is 5.69 Å². The van der Waals surface area contributed by atoms with Gasteiger partial charge in [-0.15, -0.1) is 0 Å². The van der Waals surface area contributed by atoms with Crippen LogP contribution in [0.2, 0.25) is 0 Å². The molecular weight excluding hydrogens is 252 g/mol. The number of nitrogens with two attached hydrogens (primary N) is 1. The second kappa shape index (κ2) is 3.75. The lowest BCUT2D eigenvalue weighted by molar-refractivity contribution is -0.385. The molecule has 0 unspecified atom stereocenters. The molecule has 0 aromatic heterocycles. The van der Waals surface area contributed by atoms with Crippen LogP contribution < -0.4 is 5.73 Å². The third-order valence-electron chi connectivity index (χ3n) is 1.70. The first-order valence-corrected chi connectivity index (χ1v) is 4.47. The van der Waals surface area contributed by atoms with E-state index < -0.39 is 10.7 Å². The van der Waals surface area contributed by atoms with Crippen LogP contribution in [-0.4, -0.2) is 10.7 Å². The van der Waals surface area contributed by atoms with Crippen LogP contribution in [0.25, 0.3) is 0 Å². The number of nitro groups is 1. The molecule has 74 valence electrons. The number of benzene rings is 1. The van der Waals surface area contributed by atoms with Crippen LogP contribution >= 0.6 is 15.9 Å². The maximum Gasteiger partial charge on any atom is 0.296 e. The molecule has 0 spiro atoms. The van der Waals surface area contributed by atoms with E-state index in [0.29, 0.717) is 0 Å². The Balaban J connectivity index is 3.58. The summed E-state index contributed by atoms with van der Waals surface area (Å²) in [6.45, 7) is 1.24. The Bertz CT molecular complexity index is 378. The van der Waals surface area contributed by atoms with Gasteiger partial charge in [0.1, 0.15) is 5.56 Å². The van der Waals surface area contributed by atoms with Gasteiger partial charge in [0.2, 0.25) is 0 Å². The van der Waals surface area contributed by atoms with E-state index in [4.69, 9.17) is 5.73 Å². The molecule has 0 radical (unpaired) electrons. The molecule has 2 N–H and O–H groups in total. The van der Waals surface area contributed by atoms with E-state index in [9.17, 15) is 14.9 Å². The first-order chi connectivity index (χ1) is 6.45. The highest BCUT2D eigenvalue weighted by Gasteiger charge is 2.23. The van der Waals surface area contributed by atoms with Gasteiger partial charge < -0.3 is 5.73 Å². The molecule has 6 heteroatoms. The third-order valence-corrected chi connectivity index (χ3v) is 2.34. The standard InChI is InChI=1S/C8H7BrN2O3/c1-4(12)7-6(10)3-2-5(9)8(7)11(13)14/h2-3H,10H2,1H3. The molecule has 0 atom stereocenters. The molecule has 0 aliphatic rings. The summed E-state index contributed by atoms with van der Waals surface area (Å²) in [5, 5.41) is 10.7. The topological polar surface area (TPSA) is 86.2 Å². The average molecular weight is 259 g/mol. The average Bonchev–Trinajstić information content (AvgIpc) is 2.07. The zero-order chi connectivity index (χ0) is 10.9. The molecule has 0 saturated heterocycles. The SMILES string of the molecule is CC(=O)c1c(N)ccc(Br)c1[N+](=O)[O-]. The van der Waals surface area contributed by atoms with E-state index in [-0.39, 0.29) is 21.4 Å². The summed E-state index contributed by atoms with van der Waals surface area (Å²) in [6.07, 6.45) is 0. The van der Waals surface area contributed by atoms with Crippen LogP contribution in [0.1, 0.15) is 17.3 Å². The number of rotatable bonds is 2. The third kappa shape index (κ3) is 1.74. The largest absolute Gasteiger partial charge is 0.398 e. The highest BCUT2D eigenvalue weighted by molar-refractivity contribution is 9.10. The Morgan fingerprint density at radius 3 is 2.50 bits per heavy atom. The molecule has 5 nitrogen and oxygen atoms in total. The fraction of sp³-hybridized carbons (Fsp3) is 0.125. The first-order valence-electron chi connectivity index (χ1n) is 3.68. The van der Waals surface area contributed by atoms with Crippen LogP contribution in [0.5, 0.6) is 0 Å². The highest BCUT2D eigenvalue weighted by Crippen LogP contribution is 2.32. The maximum atomic E-state index is 11.1. The lowest BCUT2D eigenvalue weighted by Crippen LogP contribution is -2.05. The van der Waals surface area contributed by atoms with Gasteiger partial charge in [0.25, 0.3) is 5.69 Å². The van der Waals surface area contributed by atoms with Crippen LogP contribution in [0.15, 0.2) is 16.6 Å². The van der Waals surface area contributed by atoms with Crippen LogP contribution in [0.4, 0.5) is 11.4 Å². The summed E-state index contributed by atoms with van der Waals surface area (Å²) in [7, 11) is 0. The summed E-state index contributed by atoms with van der Waals surface area (Å²) in [4.78, 5) is 21.2. The number of nitro benzene ring substituents is 1. The van der Waals surface area contributed by atoms with E-state index in [2.05, 4.69) is 15.9 Å². The fourth-order valence-corrected chi connectivity index (χ4v) is 1.61. The monoisotopic (exact) mass is 258 g/mol. The van der Waals surface area contributed by atoms with Crippen molar-refractivity contribution < 1.29 is 9.72 Å². The van der Waals surface area contributed by atoms with Crippen molar-refractivity contribution in [3.05, 3.63) is 32.3 Å². The predicted molar refractivity (Wildman–Crippen MR) is 55.2 cm³/mol. The Kier molecular flexibility index (Phi) is 2.85. The maximum absolute atomic E-state index is 11.1. The minimum absolute atomic E-state index is 0.0515. The van der Waals surface area contributed by atoms with Gasteiger partial charge in [0.05, 0.1) is 9.40 Å². The van der Waals surface area contributed by atoms with Crippen molar-refractivity contribution in [2.24, 2.45) is 0 Å². The molecule has 0 aliphatic heterocycles. The molecular formula is C8H7BrN2O3. The predicted octanol–water partition coefficient (Wildman–Crippen LogP) is 2.14. The van der Waals surface area contributed by atoms with Gasteiger partial charge in [-0.2, -0.15) is 0 Å². The number of halogens is 1. The number of ketones is 1. The van der Waals surface area contributed by atoms with Crippen molar-refractivity contribution in [3.63, 3.8) is 0 Å². The van der Waals surface area contributed by atoms with Gasteiger partial charge >= 0.3 is 0 Å². The number of Topliss-reactive ketones (excluding diaryl/α,β-unsaturated/α-hetero) is 1. The van der Waals surface area contributed by atoms with Gasteiger partial charge in [-0.1, -0.05) is 0 Å². The van der Waals surface area contributed by atoms with E-state index in [1.165, 1.54) is 19.1 Å². The lowest BCUT2D eigenvalue weighted by Gasteiger charge is -2.04. The smallest absolute Gasteiger partial charge is 0.296 e. The number of carbonyl (C=O) groups excluding carboxylic acids is 1. The lowest BCUT2D eigenvalue weighted by atomic mass is 10.1. The zero-order valence-corrected chi connectivity index (χ0v) is 8.87. The molecule has 1 aromatic rings. The van der Waals surface area contributed by atoms with Crippen molar-refractivity contribution in [2.45, 2.75) is 6.92 Å². The number of hydrogen-bond donors (Lipinski definition) is 1. The van der Waals surface area contributed by atoms with Crippen LogP contribution in [0.3, 0.4) is 0 Å². The Hall–Kier alpha value is -1.43. The summed E-state index contributed by atoms with van der Waals surface area (Å²) >= 11 is 3.00. The fourth-order valence-electron chi connectivity index (χ4n) is 1.13. The second-order valence-corrected chi connectivity index (χ2v) is 3.53. The number of nitrogen functional groups attached to an aromatic ring is 1. The van der Waals surface area contributed by atoms with E-state index >= 15 is 0 Å². The molecule has 1 aromatic carbocycles. The van der Waals surface area contributed by atoms with Gasteiger partial charge in [-0.25, -0.2) is 0 Å². The number of carbonyl (C=O) groups is 1. The number of nitrogens with zero attached hydrogens (tertiary/aromatic N) is 1. The second-order valence-electron chi connectivity index (χ2n) is 2.67. The highest BCUT2D eigenvalue weighted by atomic mass is 79.9. The van der Waals surface area contributed by atoms with Crippen LogP contribution in [-0.2, 0) is 0 Å². The summed E-state index contributed by atoms with van der Waals surface area (Å²) in [5.41, 5.74) is 5.27. The van der Waals surface area contributed by atoms with Crippen molar-refractivity contribution >= 4 is 33.1 Å². The van der Waals surface area contributed by atoms with Crippen LogP contribution in [0, 0.1) is 10.1 Å². The molecule has 0 saturated carbocycles. The Morgan fingerprint density at radius 1 is 1.57 bits per heavy atom. The van der Waals surface area contributed by atoms with E-state index in [0.717, 1.165) is 0 Å². The normalized spacial score (nSPS) is 9.86. The molecule has 0 bridgehead atoms. The molecule has 1 rings (SSSR count). The summed E-state index contributed by atoms with van der Waals surface area (Å²) in [5.74, 6) is -0.421. The van der Waals surface area contributed by atoms with E-state index in [1.54, 1.807) is 0 Å². The molecule has 0 aliphatic carbocycles. The minimum atomic E-state index is -0.628. The summed E-state index contributed by atoms with van der Waals surface area (Å²) < 4.78 is 0.252. The first kappa shape index (κ1) is 10.6. The van der Waals surface area contributed by atoms with Gasteiger partial charge in [-0.05, 0) is 35.0 Å². The van der Waals surface area contributed by atoms with Crippen molar-refractivity contribution in [3.8, 4) is 0 Å². The number of anilines is 1. The molecule has 14 heavy (non-hydrogen) atoms. The van der Waals surface area contributed by atoms with Crippen molar-refractivity contribution in [1.82, 2.24) is 0 Å². The molecule has 0 fully saturated rings.